The number of ether oxygens (including phenoxy) is 2. The van der Waals surface area contributed by atoms with Gasteiger partial charge in [-0.2, -0.15) is 0 Å². The van der Waals surface area contributed by atoms with Gasteiger partial charge in [0.1, 0.15) is 5.60 Å². The Morgan fingerprint density at radius 2 is 1.90 bits per heavy atom. The molecule has 0 aromatic heterocycles. The van der Waals surface area contributed by atoms with Gasteiger partial charge in [0.05, 0.1) is 6.10 Å². The Balaban J connectivity index is 1.89. The Labute approximate surface area is 123 Å². The van der Waals surface area contributed by atoms with E-state index in [4.69, 9.17) is 9.47 Å². The molecule has 2 heterocycles. The van der Waals surface area contributed by atoms with Crippen LogP contribution in [0.5, 0.6) is 0 Å². The van der Waals surface area contributed by atoms with Gasteiger partial charge in [0.25, 0.3) is 0 Å². The topological polar surface area (TPSA) is 35.5 Å². The van der Waals surface area contributed by atoms with Crippen LogP contribution in [-0.2, 0) is 14.3 Å². The van der Waals surface area contributed by atoms with Gasteiger partial charge in [0.2, 0.25) is 0 Å². The highest BCUT2D eigenvalue weighted by atomic mass is 16.6. The molecule has 3 nitrogen and oxygen atoms in total. The highest BCUT2D eigenvalue weighted by Crippen LogP contribution is 2.48. The van der Waals surface area contributed by atoms with Crippen molar-refractivity contribution in [2.75, 3.05) is 0 Å². The summed E-state index contributed by atoms with van der Waals surface area (Å²) in [5.74, 6) is -0.0998. The smallest absolute Gasteiger partial charge is 0.339 e. The van der Waals surface area contributed by atoms with Crippen molar-refractivity contribution in [2.45, 2.75) is 102 Å². The number of cyclic esters (lactones) is 1. The number of unbranched alkanes of at least 4 members (excludes halogenated alkanes) is 3. The molecule has 0 N–H and O–H groups in total. The average molecular weight is 282 g/mol. The largest absolute Gasteiger partial charge is 0.457 e. The summed E-state index contributed by atoms with van der Waals surface area (Å²) in [6.45, 7) is 6.44. The van der Waals surface area contributed by atoms with Crippen LogP contribution in [-0.4, -0.2) is 23.3 Å². The second kappa shape index (κ2) is 6.46. The van der Waals surface area contributed by atoms with Crippen LogP contribution in [0.4, 0.5) is 0 Å². The summed E-state index contributed by atoms with van der Waals surface area (Å²) in [4.78, 5) is 12.3. The van der Waals surface area contributed by atoms with Crippen LogP contribution in [0.2, 0.25) is 0 Å². The molecule has 0 saturated carbocycles. The molecule has 2 unspecified atom stereocenters. The third-order valence-corrected chi connectivity index (χ3v) is 5.22. The monoisotopic (exact) mass is 282 g/mol. The predicted molar refractivity (Wildman–Crippen MR) is 79.6 cm³/mol. The predicted octanol–water partition coefficient (Wildman–Crippen LogP) is 4.38. The van der Waals surface area contributed by atoms with Gasteiger partial charge in [0.15, 0.2) is 5.60 Å². The number of rotatable bonds is 7. The van der Waals surface area contributed by atoms with Gasteiger partial charge in [-0.05, 0) is 32.1 Å². The summed E-state index contributed by atoms with van der Waals surface area (Å²) in [6, 6.07) is 0. The van der Waals surface area contributed by atoms with Gasteiger partial charge in [0, 0.05) is 6.42 Å². The second-order valence-electron chi connectivity index (χ2n) is 6.58. The molecule has 1 spiro atoms. The summed E-state index contributed by atoms with van der Waals surface area (Å²) in [6.07, 6.45) is 10.8. The van der Waals surface area contributed by atoms with Crippen molar-refractivity contribution in [3.8, 4) is 0 Å². The zero-order chi connectivity index (χ0) is 14.6. The number of hydrogen-bond donors (Lipinski definition) is 0. The molecule has 0 amide bonds. The molecule has 0 aliphatic carbocycles. The molecule has 3 heteroatoms. The van der Waals surface area contributed by atoms with Crippen molar-refractivity contribution in [1.29, 1.82) is 0 Å². The van der Waals surface area contributed by atoms with Crippen molar-refractivity contribution in [3.05, 3.63) is 0 Å². The maximum absolute atomic E-state index is 12.3. The van der Waals surface area contributed by atoms with Gasteiger partial charge < -0.3 is 9.47 Å². The molecular weight excluding hydrogens is 252 g/mol. The first-order valence-corrected chi connectivity index (χ1v) is 8.51. The van der Waals surface area contributed by atoms with Gasteiger partial charge in [-0.15, -0.1) is 0 Å². The van der Waals surface area contributed by atoms with Crippen LogP contribution < -0.4 is 0 Å². The lowest BCUT2D eigenvalue weighted by Crippen LogP contribution is -2.35. The average Bonchev–Trinajstić information content (AvgIpc) is 2.99. The molecule has 2 fully saturated rings. The Kier molecular flexibility index (Phi) is 5.11. The fourth-order valence-corrected chi connectivity index (χ4v) is 3.68. The lowest BCUT2D eigenvalue weighted by atomic mass is 9.85. The molecule has 2 aliphatic rings. The summed E-state index contributed by atoms with van der Waals surface area (Å²) in [5.41, 5.74) is -0.879. The van der Waals surface area contributed by atoms with E-state index in [0.717, 1.165) is 38.5 Å². The van der Waals surface area contributed by atoms with E-state index in [1.54, 1.807) is 0 Å². The molecule has 2 atom stereocenters. The number of esters is 1. The maximum Gasteiger partial charge on any atom is 0.339 e. The number of carbonyl (C=O) groups is 1. The van der Waals surface area contributed by atoms with Crippen molar-refractivity contribution in [3.63, 3.8) is 0 Å². The first kappa shape index (κ1) is 15.8. The maximum atomic E-state index is 12.3. The Morgan fingerprint density at radius 1 is 1.15 bits per heavy atom. The van der Waals surface area contributed by atoms with E-state index in [9.17, 15) is 4.79 Å². The van der Waals surface area contributed by atoms with E-state index >= 15 is 0 Å². The van der Waals surface area contributed by atoms with Crippen molar-refractivity contribution < 1.29 is 14.3 Å². The summed E-state index contributed by atoms with van der Waals surface area (Å²) in [7, 11) is 0. The molecule has 2 saturated heterocycles. The fourth-order valence-electron chi connectivity index (χ4n) is 3.68. The standard InChI is InChI=1S/C17H30O3/c1-4-7-8-9-10-14-11-12-17(19-14)13-16(5-2,6-3)20-15(17)18/h14H,4-13H2,1-3H3. The van der Waals surface area contributed by atoms with Crippen LogP contribution in [0.15, 0.2) is 0 Å². The fraction of sp³-hybridized carbons (Fsp3) is 0.941. The van der Waals surface area contributed by atoms with Crippen LogP contribution in [0.3, 0.4) is 0 Å². The second-order valence-corrected chi connectivity index (χ2v) is 6.58. The molecule has 116 valence electrons. The van der Waals surface area contributed by atoms with Gasteiger partial charge >= 0.3 is 5.97 Å². The molecule has 0 radical (unpaired) electrons. The minimum atomic E-state index is -0.610. The molecule has 2 rings (SSSR count). The highest BCUT2D eigenvalue weighted by Gasteiger charge is 2.59. The summed E-state index contributed by atoms with van der Waals surface area (Å²) < 4.78 is 11.9. The van der Waals surface area contributed by atoms with Crippen molar-refractivity contribution in [2.24, 2.45) is 0 Å². The van der Waals surface area contributed by atoms with E-state index in [-0.39, 0.29) is 17.7 Å². The molecule has 2 aliphatic heterocycles. The molecule has 0 bridgehead atoms. The molecular formula is C17H30O3. The van der Waals surface area contributed by atoms with Gasteiger partial charge in [-0.25, -0.2) is 4.79 Å². The third kappa shape index (κ3) is 3.03. The quantitative estimate of drug-likeness (QED) is 0.513. The van der Waals surface area contributed by atoms with E-state index in [2.05, 4.69) is 20.8 Å². The van der Waals surface area contributed by atoms with Crippen LogP contribution in [0, 0.1) is 0 Å². The lowest BCUT2D eigenvalue weighted by Gasteiger charge is -2.25. The Hall–Kier alpha value is -0.570. The normalized spacial score (nSPS) is 31.9. The van der Waals surface area contributed by atoms with Crippen LogP contribution in [0.1, 0.15) is 85.0 Å². The van der Waals surface area contributed by atoms with Crippen LogP contribution in [0.25, 0.3) is 0 Å². The van der Waals surface area contributed by atoms with E-state index in [1.165, 1.54) is 25.7 Å². The summed E-state index contributed by atoms with van der Waals surface area (Å²) in [5, 5.41) is 0. The third-order valence-electron chi connectivity index (χ3n) is 5.22. The highest BCUT2D eigenvalue weighted by molar-refractivity contribution is 5.83. The van der Waals surface area contributed by atoms with E-state index in [1.807, 2.05) is 0 Å². The van der Waals surface area contributed by atoms with E-state index < -0.39 is 5.60 Å². The molecule has 20 heavy (non-hydrogen) atoms. The lowest BCUT2D eigenvalue weighted by molar-refractivity contribution is -0.162. The SMILES string of the molecule is CCCCCCC1CCC2(CC(CC)(CC)OC2=O)O1. The van der Waals surface area contributed by atoms with Crippen LogP contribution >= 0.6 is 0 Å². The zero-order valence-electron chi connectivity index (χ0n) is 13.4. The Bertz CT molecular complexity index is 335. The molecule has 0 aromatic rings. The summed E-state index contributed by atoms with van der Waals surface area (Å²) >= 11 is 0. The molecule has 0 aromatic carbocycles. The van der Waals surface area contributed by atoms with Crippen molar-refractivity contribution in [1.82, 2.24) is 0 Å². The van der Waals surface area contributed by atoms with Gasteiger partial charge in [-0.3, -0.25) is 0 Å². The minimum absolute atomic E-state index is 0.0998. The minimum Gasteiger partial charge on any atom is -0.457 e. The number of carbonyl (C=O) groups excluding carboxylic acids is 1. The number of hydrogen-bond acceptors (Lipinski definition) is 3. The van der Waals surface area contributed by atoms with E-state index in [0.29, 0.717) is 0 Å². The van der Waals surface area contributed by atoms with Gasteiger partial charge in [-0.1, -0.05) is 46.5 Å². The zero-order valence-corrected chi connectivity index (χ0v) is 13.4. The van der Waals surface area contributed by atoms with Crippen molar-refractivity contribution >= 4 is 5.97 Å². The Morgan fingerprint density at radius 3 is 2.50 bits per heavy atom. The first-order valence-electron chi connectivity index (χ1n) is 8.51. The first-order chi connectivity index (χ1) is 9.60.